The van der Waals surface area contributed by atoms with Crippen molar-refractivity contribution in [3.63, 3.8) is 0 Å². The molecule has 0 aromatic carbocycles. The largest absolute Gasteiger partial charge is 0.455 e. The molecule has 0 amide bonds. The maximum Gasteiger partial charge on any atom is 0.404 e. The number of rotatable bonds is 3. The average Bonchev–Trinajstić information content (AvgIpc) is 2.56. The molecule has 0 spiro atoms. The summed E-state index contributed by atoms with van der Waals surface area (Å²) in [7, 11) is 0. The molecule has 2 rings (SSSR count). The summed E-state index contributed by atoms with van der Waals surface area (Å²) >= 11 is 15.4. The quantitative estimate of drug-likeness (QED) is 0.428. The second kappa shape index (κ2) is 5.86. The lowest BCUT2D eigenvalue weighted by atomic mass is 9.82. The predicted molar refractivity (Wildman–Crippen MR) is 66.4 cm³/mol. The van der Waals surface area contributed by atoms with Crippen LogP contribution < -0.4 is 0 Å². The summed E-state index contributed by atoms with van der Waals surface area (Å²) in [5.41, 5.74) is -5.32. The van der Waals surface area contributed by atoms with Crippen LogP contribution in [0, 0.1) is 0 Å². The minimum atomic E-state index is -1.71. The molecule has 0 aromatic heterocycles. The van der Waals surface area contributed by atoms with Gasteiger partial charge in [-0.15, -0.1) is 0 Å². The Morgan fingerprint density at radius 3 is 2.19 bits per heavy atom. The number of hydrogen-bond donors (Lipinski definition) is 0. The highest BCUT2D eigenvalue weighted by Gasteiger charge is 2.63. The van der Waals surface area contributed by atoms with Crippen LogP contribution in [-0.4, -0.2) is 46.2 Å². The number of ether oxygens (including phenoxy) is 4. The van der Waals surface area contributed by atoms with Gasteiger partial charge in [-0.3, -0.25) is 0 Å². The molecular formula is C10H7Cl3O8. The van der Waals surface area contributed by atoms with Crippen molar-refractivity contribution >= 4 is 57.1 Å². The first-order valence-corrected chi connectivity index (χ1v) is 6.69. The minimum Gasteiger partial charge on any atom is -0.455 e. The highest BCUT2D eigenvalue weighted by atomic mass is 35.5. The van der Waals surface area contributed by atoms with E-state index in [9.17, 15) is 19.2 Å². The van der Waals surface area contributed by atoms with Crippen molar-refractivity contribution in [3.8, 4) is 0 Å². The lowest BCUT2D eigenvalue weighted by molar-refractivity contribution is -0.154. The third kappa shape index (κ3) is 3.33. The van der Waals surface area contributed by atoms with Gasteiger partial charge in [0.1, 0.15) is 12.2 Å². The molecule has 0 unspecified atom stereocenters. The zero-order valence-corrected chi connectivity index (χ0v) is 12.3. The molecule has 116 valence electrons. The van der Waals surface area contributed by atoms with Crippen molar-refractivity contribution in [2.45, 2.75) is 36.8 Å². The summed E-state index contributed by atoms with van der Waals surface area (Å²) in [5.74, 6) is -0.884. The van der Waals surface area contributed by atoms with E-state index in [4.69, 9.17) is 53.8 Å². The van der Waals surface area contributed by atoms with E-state index in [1.54, 1.807) is 0 Å². The van der Waals surface area contributed by atoms with Crippen LogP contribution in [-0.2, 0) is 23.7 Å². The second-order valence-electron chi connectivity index (χ2n) is 4.40. The van der Waals surface area contributed by atoms with Gasteiger partial charge in [0.2, 0.25) is 5.60 Å². The zero-order valence-electron chi connectivity index (χ0n) is 10.0. The Kier molecular flexibility index (Phi) is 4.50. The molecule has 1 aliphatic heterocycles. The highest BCUT2D eigenvalue weighted by molar-refractivity contribution is 6.61. The normalized spacial score (nSPS) is 33.9. The molecule has 1 saturated carbocycles. The summed E-state index contributed by atoms with van der Waals surface area (Å²) in [6, 6.07) is 0. The van der Waals surface area contributed by atoms with Gasteiger partial charge in [0, 0.05) is 47.6 Å². The number of carbonyl (C=O) groups excluding carboxylic acids is 4. The van der Waals surface area contributed by atoms with E-state index in [-0.39, 0.29) is 12.8 Å². The molecule has 2 fully saturated rings. The molecule has 2 aliphatic rings. The van der Waals surface area contributed by atoms with Gasteiger partial charge in [-0.05, 0) is 0 Å². The molecular weight excluding hydrogens is 354 g/mol. The Bertz CT molecular complexity index is 509. The second-order valence-corrected chi connectivity index (χ2v) is 5.33. The first-order chi connectivity index (χ1) is 9.73. The van der Waals surface area contributed by atoms with Crippen molar-refractivity contribution in [3.05, 3.63) is 0 Å². The maximum atomic E-state index is 11.9. The Hall–Kier alpha value is -1.25. The van der Waals surface area contributed by atoms with Crippen LogP contribution in [0.5, 0.6) is 0 Å². The highest BCUT2D eigenvalue weighted by Crippen LogP contribution is 2.43. The van der Waals surface area contributed by atoms with Gasteiger partial charge < -0.3 is 18.9 Å². The van der Waals surface area contributed by atoms with Gasteiger partial charge >= 0.3 is 22.3 Å². The number of fused-ring (bicyclic) bond motifs is 2. The fraction of sp³-hybridized carbons (Fsp3) is 0.600. The summed E-state index contributed by atoms with van der Waals surface area (Å²) in [5, 5.41) is 0. The monoisotopic (exact) mass is 360 g/mol. The van der Waals surface area contributed by atoms with Gasteiger partial charge in [0.15, 0.2) is 6.10 Å². The van der Waals surface area contributed by atoms with E-state index in [0.29, 0.717) is 0 Å². The molecule has 1 saturated heterocycles. The zero-order chi connectivity index (χ0) is 15.8. The molecule has 8 nitrogen and oxygen atoms in total. The lowest BCUT2D eigenvalue weighted by Gasteiger charge is -2.36. The number of esters is 1. The molecule has 0 N–H and O–H groups in total. The molecule has 0 radical (unpaired) electrons. The van der Waals surface area contributed by atoms with Crippen LogP contribution >= 0.6 is 34.8 Å². The molecule has 21 heavy (non-hydrogen) atoms. The molecule has 2 bridgehead atoms. The van der Waals surface area contributed by atoms with E-state index < -0.39 is 46.2 Å². The summed E-state index contributed by atoms with van der Waals surface area (Å²) in [6.07, 6.45) is -3.79. The number of halogens is 3. The van der Waals surface area contributed by atoms with E-state index in [1.807, 2.05) is 0 Å². The van der Waals surface area contributed by atoms with Crippen molar-refractivity contribution in [1.29, 1.82) is 0 Å². The van der Waals surface area contributed by atoms with Crippen LogP contribution in [0.4, 0.5) is 14.4 Å². The van der Waals surface area contributed by atoms with Crippen LogP contribution in [0.25, 0.3) is 0 Å². The van der Waals surface area contributed by atoms with E-state index >= 15 is 0 Å². The van der Waals surface area contributed by atoms with Crippen molar-refractivity contribution in [2.75, 3.05) is 0 Å². The SMILES string of the molecule is O=C(Cl)O[C@@H]1[C@H](OC(=O)Cl)C[C@]2(OC(=O)Cl)C[C@H]1OC2=O. The van der Waals surface area contributed by atoms with Crippen LogP contribution in [0.15, 0.2) is 0 Å². The molecule has 1 heterocycles. The first-order valence-electron chi connectivity index (χ1n) is 5.55. The number of hydrogen-bond acceptors (Lipinski definition) is 8. The summed E-state index contributed by atoms with van der Waals surface area (Å²) in [6.45, 7) is 0. The Morgan fingerprint density at radius 2 is 1.67 bits per heavy atom. The third-order valence-corrected chi connectivity index (χ3v) is 3.43. The van der Waals surface area contributed by atoms with Gasteiger partial charge in [0.05, 0.1) is 0 Å². The fourth-order valence-corrected chi connectivity index (χ4v) is 2.86. The topological polar surface area (TPSA) is 105 Å². The minimum absolute atomic E-state index is 0.116. The summed E-state index contributed by atoms with van der Waals surface area (Å²) in [4.78, 5) is 44.6. The van der Waals surface area contributed by atoms with Crippen LogP contribution in [0.1, 0.15) is 12.8 Å². The average molecular weight is 362 g/mol. The first kappa shape index (κ1) is 16.1. The van der Waals surface area contributed by atoms with Gasteiger partial charge in [-0.2, -0.15) is 0 Å². The fourth-order valence-electron chi connectivity index (χ4n) is 2.49. The maximum absolute atomic E-state index is 11.9. The molecule has 0 aromatic rings. The Labute approximate surface area is 132 Å². The predicted octanol–water partition coefficient (Wildman–Crippen LogP) is 2.31. The molecule has 4 atom stereocenters. The van der Waals surface area contributed by atoms with Crippen LogP contribution in [0.3, 0.4) is 0 Å². The lowest BCUT2D eigenvalue weighted by Crippen LogP contribution is -2.52. The van der Waals surface area contributed by atoms with E-state index in [2.05, 4.69) is 0 Å². The van der Waals surface area contributed by atoms with Crippen LogP contribution in [0.2, 0.25) is 0 Å². The van der Waals surface area contributed by atoms with Crippen molar-refractivity contribution in [1.82, 2.24) is 0 Å². The third-order valence-electron chi connectivity index (χ3n) is 3.17. The van der Waals surface area contributed by atoms with Crippen molar-refractivity contribution < 1.29 is 38.1 Å². The van der Waals surface area contributed by atoms with E-state index in [0.717, 1.165) is 0 Å². The number of carbonyl (C=O) groups is 4. The molecule has 1 aliphatic carbocycles. The smallest absolute Gasteiger partial charge is 0.404 e. The van der Waals surface area contributed by atoms with Gasteiger partial charge in [0.25, 0.3) is 0 Å². The molecule has 11 heteroatoms. The van der Waals surface area contributed by atoms with Gasteiger partial charge in [-0.25, -0.2) is 19.2 Å². The summed E-state index contributed by atoms with van der Waals surface area (Å²) < 4.78 is 19.3. The van der Waals surface area contributed by atoms with Gasteiger partial charge in [-0.1, -0.05) is 0 Å². The van der Waals surface area contributed by atoms with E-state index in [1.165, 1.54) is 0 Å². The van der Waals surface area contributed by atoms with Crippen molar-refractivity contribution in [2.24, 2.45) is 0 Å². The standard InChI is InChI=1S/C10H7Cl3O8/c11-7(15)19-4-2-10(21-9(13)17)1-3(18-6(10)14)5(4)20-8(12)16/h3-5H,1-2H2/t3-,4-,5+,10-/m1/s1. The Balaban J connectivity index is 2.28. The Morgan fingerprint density at radius 1 is 1.05 bits per heavy atom.